The Morgan fingerprint density at radius 1 is 1.50 bits per heavy atom. The van der Waals surface area contributed by atoms with Crippen LogP contribution in [0.1, 0.15) is 28.4 Å². The van der Waals surface area contributed by atoms with Gasteiger partial charge in [0.1, 0.15) is 5.82 Å². The number of halogens is 2. The zero-order valence-electron chi connectivity index (χ0n) is 10.2. The van der Waals surface area contributed by atoms with Gasteiger partial charge in [-0.25, -0.2) is 9.37 Å². The van der Waals surface area contributed by atoms with Gasteiger partial charge in [-0.05, 0) is 37.2 Å². The van der Waals surface area contributed by atoms with E-state index < -0.39 is 0 Å². The van der Waals surface area contributed by atoms with Crippen LogP contribution in [-0.4, -0.2) is 11.5 Å². The van der Waals surface area contributed by atoms with Crippen molar-refractivity contribution in [1.29, 1.82) is 0 Å². The van der Waals surface area contributed by atoms with Gasteiger partial charge < -0.3 is 5.32 Å². The van der Waals surface area contributed by atoms with Gasteiger partial charge in [0.15, 0.2) is 0 Å². The summed E-state index contributed by atoms with van der Waals surface area (Å²) in [6, 6.07) is 4.33. The molecule has 0 aliphatic carbocycles. The highest BCUT2D eigenvalue weighted by Crippen LogP contribution is 2.31. The van der Waals surface area contributed by atoms with Crippen LogP contribution in [-0.2, 0) is 0 Å². The molecule has 1 N–H and O–H groups in total. The number of rotatable bonds is 4. The lowest BCUT2D eigenvalue weighted by Crippen LogP contribution is -2.21. The quantitative estimate of drug-likeness (QED) is 0.920. The van der Waals surface area contributed by atoms with Crippen LogP contribution in [0.2, 0.25) is 5.02 Å². The molecule has 0 spiro atoms. The largest absolute Gasteiger partial charge is 0.306 e. The minimum Gasteiger partial charge on any atom is -0.306 e. The molecule has 1 aromatic carbocycles. The van der Waals surface area contributed by atoms with Gasteiger partial charge in [0.2, 0.25) is 0 Å². The number of thiazole rings is 1. The van der Waals surface area contributed by atoms with Gasteiger partial charge in [0, 0.05) is 16.1 Å². The molecule has 0 amide bonds. The van der Waals surface area contributed by atoms with E-state index in [0.29, 0.717) is 5.02 Å². The maximum atomic E-state index is 13.4. The molecule has 2 rings (SSSR count). The van der Waals surface area contributed by atoms with Gasteiger partial charge in [-0.1, -0.05) is 18.5 Å². The number of aromatic nitrogens is 1. The molecule has 0 saturated carbocycles. The SMILES string of the molecule is CCNC(c1cnc(C)s1)c1cc(F)ccc1Cl. The molecule has 0 bridgehead atoms. The van der Waals surface area contributed by atoms with Crippen LogP contribution >= 0.6 is 22.9 Å². The molecular weight excluding hydrogens is 271 g/mol. The summed E-state index contributed by atoms with van der Waals surface area (Å²) >= 11 is 7.75. The fourth-order valence-corrected chi connectivity index (χ4v) is 2.92. The summed E-state index contributed by atoms with van der Waals surface area (Å²) in [5, 5.41) is 4.87. The lowest BCUT2D eigenvalue weighted by atomic mass is 10.1. The predicted molar refractivity (Wildman–Crippen MR) is 73.8 cm³/mol. The minimum absolute atomic E-state index is 0.107. The monoisotopic (exact) mass is 284 g/mol. The van der Waals surface area contributed by atoms with Crippen LogP contribution in [0, 0.1) is 12.7 Å². The van der Waals surface area contributed by atoms with Crippen molar-refractivity contribution in [3.63, 3.8) is 0 Å². The van der Waals surface area contributed by atoms with Gasteiger partial charge in [-0.3, -0.25) is 0 Å². The van der Waals surface area contributed by atoms with Gasteiger partial charge in [-0.2, -0.15) is 0 Å². The average molecular weight is 285 g/mol. The van der Waals surface area contributed by atoms with E-state index in [1.165, 1.54) is 12.1 Å². The molecule has 1 unspecified atom stereocenters. The average Bonchev–Trinajstić information content (AvgIpc) is 2.76. The summed E-state index contributed by atoms with van der Waals surface area (Å²) in [6.07, 6.45) is 1.81. The first-order valence-electron chi connectivity index (χ1n) is 5.72. The van der Waals surface area contributed by atoms with Gasteiger partial charge in [-0.15, -0.1) is 11.3 Å². The van der Waals surface area contributed by atoms with Crippen molar-refractivity contribution in [3.8, 4) is 0 Å². The summed E-state index contributed by atoms with van der Waals surface area (Å²) < 4.78 is 13.4. The molecule has 0 radical (unpaired) electrons. The summed E-state index contributed by atoms with van der Waals surface area (Å²) in [7, 11) is 0. The van der Waals surface area contributed by atoms with Crippen molar-refractivity contribution < 1.29 is 4.39 Å². The zero-order valence-corrected chi connectivity index (χ0v) is 11.8. The molecule has 0 saturated heterocycles. The van der Waals surface area contributed by atoms with E-state index in [1.54, 1.807) is 17.4 Å². The van der Waals surface area contributed by atoms with Crippen molar-refractivity contribution in [2.75, 3.05) is 6.54 Å². The Labute approximate surface area is 115 Å². The number of benzene rings is 1. The predicted octanol–water partition coefficient (Wildman–Crippen LogP) is 3.94. The first-order valence-corrected chi connectivity index (χ1v) is 6.92. The molecule has 1 heterocycles. The maximum absolute atomic E-state index is 13.4. The first kappa shape index (κ1) is 13.5. The van der Waals surface area contributed by atoms with E-state index in [1.807, 2.05) is 20.0 Å². The van der Waals surface area contributed by atoms with Crippen molar-refractivity contribution in [2.24, 2.45) is 0 Å². The Morgan fingerprint density at radius 2 is 2.28 bits per heavy atom. The number of hydrogen-bond donors (Lipinski definition) is 1. The standard InChI is InChI=1S/C13H14ClFN2S/c1-3-16-13(12-7-17-8(2)18-12)10-6-9(15)4-5-11(10)14/h4-7,13,16H,3H2,1-2H3. The van der Waals surface area contributed by atoms with Crippen molar-refractivity contribution in [3.05, 3.63) is 50.7 Å². The zero-order chi connectivity index (χ0) is 13.1. The van der Waals surface area contributed by atoms with Gasteiger partial charge >= 0.3 is 0 Å². The normalized spacial score (nSPS) is 12.7. The molecule has 5 heteroatoms. The second-order valence-corrected chi connectivity index (χ2v) is 5.61. The van der Waals surface area contributed by atoms with Crippen molar-refractivity contribution in [1.82, 2.24) is 10.3 Å². The third-order valence-corrected chi connectivity index (χ3v) is 3.92. The second kappa shape index (κ2) is 5.78. The Kier molecular flexibility index (Phi) is 4.32. The van der Waals surface area contributed by atoms with Gasteiger partial charge in [0.25, 0.3) is 0 Å². The van der Waals surface area contributed by atoms with Crippen LogP contribution in [0.3, 0.4) is 0 Å². The summed E-state index contributed by atoms with van der Waals surface area (Å²) in [5.41, 5.74) is 0.752. The Bertz CT molecular complexity index is 542. The van der Waals surface area contributed by atoms with E-state index in [9.17, 15) is 4.39 Å². The molecule has 18 heavy (non-hydrogen) atoms. The smallest absolute Gasteiger partial charge is 0.123 e. The van der Waals surface area contributed by atoms with E-state index in [0.717, 1.165) is 22.0 Å². The van der Waals surface area contributed by atoms with E-state index >= 15 is 0 Å². The second-order valence-electron chi connectivity index (χ2n) is 3.94. The minimum atomic E-state index is -0.279. The number of aryl methyl sites for hydroxylation is 1. The topological polar surface area (TPSA) is 24.9 Å². The van der Waals surface area contributed by atoms with Crippen LogP contribution in [0.15, 0.2) is 24.4 Å². The lowest BCUT2D eigenvalue weighted by molar-refractivity contribution is 0.606. The molecule has 0 fully saturated rings. The Hall–Kier alpha value is -0.970. The Balaban J connectivity index is 2.44. The van der Waals surface area contributed by atoms with E-state index in [2.05, 4.69) is 10.3 Å². The summed E-state index contributed by atoms with van der Waals surface area (Å²) in [6.45, 7) is 4.73. The highest BCUT2D eigenvalue weighted by molar-refractivity contribution is 7.11. The lowest BCUT2D eigenvalue weighted by Gasteiger charge is -2.17. The van der Waals surface area contributed by atoms with Crippen LogP contribution < -0.4 is 5.32 Å². The molecule has 2 aromatic rings. The molecule has 1 atom stereocenters. The van der Waals surface area contributed by atoms with E-state index in [-0.39, 0.29) is 11.9 Å². The molecule has 96 valence electrons. The number of hydrogen-bond acceptors (Lipinski definition) is 3. The number of nitrogens with one attached hydrogen (secondary N) is 1. The van der Waals surface area contributed by atoms with Crippen molar-refractivity contribution in [2.45, 2.75) is 19.9 Å². The van der Waals surface area contributed by atoms with Crippen LogP contribution in [0.25, 0.3) is 0 Å². The van der Waals surface area contributed by atoms with Gasteiger partial charge in [0.05, 0.1) is 11.0 Å². The molecule has 0 aliphatic heterocycles. The maximum Gasteiger partial charge on any atom is 0.123 e. The first-order chi connectivity index (χ1) is 8.61. The van der Waals surface area contributed by atoms with E-state index in [4.69, 9.17) is 11.6 Å². The highest BCUT2D eigenvalue weighted by Gasteiger charge is 2.18. The van der Waals surface area contributed by atoms with Crippen LogP contribution in [0.5, 0.6) is 0 Å². The van der Waals surface area contributed by atoms with Crippen LogP contribution in [0.4, 0.5) is 4.39 Å². The third kappa shape index (κ3) is 2.88. The summed E-state index contributed by atoms with van der Waals surface area (Å²) in [5.74, 6) is -0.279. The fourth-order valence-electron chi connectivity index (χ4n) is 1.82. The Morgan fingerprint density at radius 3 is 2.89 bits per heavy atom. The highest BCUT2D eigenvalue weighted by atomic mass is 35.5. The number of nitrogens with zero attached hydrogens (tertiary/aromatic N) is 1. The molecule has 2 nitrogen and oxygen atoms in total. The fraction of sp³-hybridized carbons (Fsp3) is 0.308. The third-order valence-electron chi connectivity index (χ3n) is 2.60. The molecular formula is C13H14ClFN2S. The van der Waals surface area contributed by atoms with Crippen molar-refractivity contribution >= 4 is 22.9 Å². The summed E-state index contributed by atoms with van der Waals surface area (Å²) in [4.78, 5) is 5.28. The molecule has 0 aliphatic rings. The molecule has 1 aromatic heterocycles.